The van der Waals surface area contributed by atoms with Gasteiger partial charge >= 0.3 is 0 Å². The summed E-state index contributed by atoms with van der Waals surface area (Å²) in [5.41, 5.74) is -0.447. The minimum absolute atomic E-state index is 0.0225. The van der Waals surface area contributed by atoms with Crippen LogP contribution in [0.1, 0.15) is 10.4 Å². The van der Waals surface area contributed by atoms with Crippen molar-refractivity contribution >= 4 is 29.0 Å². The Bertz CT molecular complexity index is 534. The first-order valence-corrected chi connectivity index (χ1v) is 5.48. The Hall–Kier alpha value is -1.50. The van der Waals surface area contributed by atoms with Crippen LogP contribution in [0, 0.1) is 5.82 Å². The highest BCUT2D eigenvalue weighted by Crippen LogP contribution is 2.36. The third kappa shape index (κ3) is 1.88. The molecule has 1 amide bonds. The van der Waals surface area contributed by atoms with Crippen molar-refractivity contribution in [1.29, 1.82) is 0 Å². The molecule has 0 fully saturated rings. The van der Waals surface area contributed by atoms with Gasteiger partial charge in [-0.05, 0) is 12.1 Å². The van der Waals surface area contributed by atoms with Crippen LogP contribution < -0.4 is 4.90 Å². The molecule has 0 spiro atoms. The van der Waals surface area contributed by atoms with Gasteiger partial charge in [-0.3, -0.25) is 14.5 Å². The summed E-state index contributed by atoms with van der Waals surface area (Å²) in [6, 6.07) is 2.22. The molecule has 1 aliphatic heterocycles. The van der Waals surface area contributed by atoms with Crippen LogP contribution in [0.25, 0.3) is 0 Å². The number of nitrogens with zero attached hydrogens (tertiary/aromatic N) is 1. The van der Waals surface area contributed by atoms with E-state index in [2.05, 4.69) is 0 Å². The highest BCUT2D eigenvalue weighted by atomic mass is 35.5. The molecule has 1 heterocycles. The molecule has 7 heteroatoms. The van der Waals surface area contributed by atoms with E-state index in [0.29, 0.717) is 0 Å². The van der Waals surface area contributed by atoms with E-state index in [1.807, 2.05) is 0 Å². The third-order valence-electron chi connectivity index (χ3n) is 2.62. The molecule has 2 rings (SSSR count). The van der Waals surface area contributed by atoms with Gasteiger partial charge in [0.25, 0.3) is 11.7 Å². The number of Topliss-reactive ketones (excluding diaryl/α,β-unsaturated/α-hetero) is 1. The maximum atomic E-state index is 13.7. The van der Waals surface area contributed by atoms with Crippen molar-refractivity contribution in [2.45, 2.75) is 6.10 Å². The number of ketones is 1. The van der Waals surface area contributed by atoms with E-state index in [1.54, 1.807) is 0 Å². The molecule has 1 atom stereocenters. The number of benzene rings is 1. The van der Waals surface area contributed by atoms with Gasteiger partial charge in [-0.2, -0.15) is 0 Å². The quantitative estimate of drug-likeness (QED) is 0.780. The number of aliphatic hydroxyl groups excluding tert-OH is 2. The van der Waals surface area contributed by atoms with E-state index in [4.69, 9.17) is 16.7 Å². The molecule has 5 nitrogen and oxygen atoms in total. The Kier molecular flexibility index (Phi) is 3.34. The predicted molar refractivity (Wildman–Crippen MR) is 61.2 cm³/mol. The molecular formula is C11H9ClFNO4. The lowest BCUT2D eigenvalue weighted by atomic mass is 10.1. The summed E-state index contributed by atoms with van der Waals surface area (Å²) in [4.78, 5) is 24.1. The molecule has 0 aromatic heterocycles. The van der Waals surface area contributed by atoms with Gasteiger partial charge < -0.3 is 10.2 Å². The Morgan fingerprint density at radius 2 is 2.06 bits per heavy atom. The van der Waals surface area contributed by atoms with Gasteiger partial charge in [-0.25, -0.2) is 4.39 Å². The maximum Gasteiger partial charge on any atom is 0.299 e. The molecule has 96 valence electrons. The van der Waals surface area contributed by atoms with E-state index >= 15 is 0 Å². The molecule has 1 aromatic rings. The summed E-state index contributed by atoms with van der Waals surface area (Å²) in [5, 5.41) is 18.0. The number of aliphatic hydroxyl groups is 2. The molecule has 18 heavy (non-hydrogen) atoms. The number of hydrogen-bond donors (Lipinski definition) is 2. The van der Waals surface area contributed by atoms with Gasteiger partial charge in [-0.15, -0.1) is 0 Å². The first-order chi connectivity index (χ1) is 8.47. The van der Waals surface area contributed by atoms with Gasteiger partial charge in [-0.1, -0.05) is 11.6 Å². The number of anilines is 1. The largest absolute Gasteiger partial charge is 0.394 e. The number of rotatable bonds is 3. The highest BCUT2D eigenvalue weighted by molar-refractivity contribution is 6.55. The smallest absolute Gasteiger partial charge is 0.299 e. The van der Waals surface area contributed by atoms with Crippen molar-refractivity contribution in [3.8, 4) is 0 Å². The first kappa shape index (κ1) is 12.9. The van der Waals surface area contributed by atoms with Gasteiger partial charge in [0.15, 0.2) is 0 Å². The summed E-state index contributed by atoms with van der Waals surface area (Å²) in [7, 11) is 0. The number of halogens is 2. The van der Waals surface area contributed by atoms with Crippen molar-refractivity contribution in [2.75, 3.05) is 18.1 Å². The summed E-state index contributed by atoms with van der Waals surface area (Å²) in [5.74, 6) is -2.66. The van der Waals surface area contributed by atoms with Crippen LogP contribution in [0.15, 0.2) is 12.1 Å². The van der Waals surface area contributed by atoms with Crippen LogP contribution in [-0.2, 0) is 4.79 Å². The summed E-state index contributed by atoms with van der Waals surface area (Å²) in [6.45, 7) is -0.971. The second-order valence-electron chi connectivity index (χ2n) is 3.83. The lowest BCUT2D eigenvalue weighted by Crippen LogP contribution is -2.38. The Morgan fingerprint density at radius 3 is 2.67 bits per heavy atom. The van der Waals surface area contributed by atoms with Crippen LogP contribution in [0.2, 0.25) is 5.02 Å². The normalized spacial score (nSPS) is 16.1. The number of β-amino-alcohol motifs (C(OH)–C–C–N with tert-alkyl or cyclic N) is 1. The van der Waals surface area contributed by atoms with Crippen LogP contribution in [0.4, 0.5) is 10.1 Å². The molecule has 1 aromatic carbocycles. The van der Waals surface area contributed by atoms with E-state index in [1.165, 1.54) is 6.07 Å². The van der Waals surface area contributed by atoms with Gasteiger partial charge in [0.1, 0.15) is 5.82 Å². The lowest BCUT2D eigenvalue weighted by molar-refractivity contribution is -0.114. The zero-order valence-corrected chi connectivity index (χ0v) is 9.82. The topological polar surface area (TPSA) is 77.8 Å². The van der Waals surface area contributed by atoms with Crippen molar-refractivity contribution in [1.82, 2.24) is 0 Å². The highest BCUT2D eigenvalue weighted by Gasteiger charge is 2.40. The molecule has 0 saturated carbocycles. The second-order valence-corrected chi connectivity index (χ2v) is 4.24. The molecule has 0 saturated heterocycles. The molecule has 1 unspecified atom stereocenters. The van der Waals surface area contributed by atoms with Crippen molar-refractivity contribution in [3.05, 3.63) is 28.5 Å². The first-order valence-electron chi connectivity index (χ1n) is 5.10. The fraction of sp³-hybridized carbons (Fsp3) is 0.273. The number of hydrogen-bond acceptors (Lipinski definition) is 4. The van der Waals surface area contributed by atoms with E-state index in [-0.39, 0.29) is 22.8 Å². The summed E-state index contributed by atoms with van der Waals surface area (Å²) < 4.78 is 13.7. The minimum Gasteiger partial charge on any atom is -0.394 e. The lowest BCUT2D eigenvalue weighted by Gasteiger charge is -2.19. The molecular weight excluding hydrogens is 265 g/mol. The van der Waals surface area contributed by atoms with Crippen molar-refractivity contribution in [3.63, 3.8) is 0 Å². The van der Waals surface area contributed by atoms with Gasteiger partial charge in [0.2, 0.25) is 0 Å². The maximum absolute atomic E-state index is 13.7. The summed E-state index contributed by atoms with van der Waals surface area (Å²) >= 11 is 5.76. The van der Waals surface area contributed by atoms with Crippen LogP contribution >= 0.6 is 11.6 Å². The molecule has 2 N–H and O–H groups in total. The average Bonchev–Trinajstić information content (AvgIpc) is 2.60. The monoisotopic (exact) mass is 273 g/mol. The zero-order valence-electron chi connectivity index (χ0n) is 9.06. The Balaban J connectivity index is 2.51. The number of fused-ring (bicyclic) bond motifs is 1. The van der Waals surface area contributed by atoms with E-state index in [9.17, 15) is 19.1 Å². The standard InChI is InChI=1S/C11H9ClFNO4/c12-6-1-2-7(13)9-8(6)10(17)11(18)14(9)3-5(16)4-15/h1-2,5,15-16H,3-4H2. The fourth-order valence-corrected chi connectivity index (χ4v) is 2.03. The van der Waals surface area contributed by atoms with Gasteiger partial charge in [0, 0.05) is 0 Å². The molecule has 0 bridgehead atoms. The van der Waals surface area contributed by atoms with Crippen molar-refractivity contribution in [2.24, 2.45) is 0 Å². The fourth-order valence-electron chi connectivity index (χ4n) is 1.79. The number of amides is 1. The second kappa shape index (κ2) is 4.64. The van der Waals surface area contributed by atoms with E-state index < -0.39 is 30.2 Å². The number of carbonyl (C=O) groups is 2. The predicted octanol–water partition coefficient (Wildman–Crippen LogP) is 0.362. The Labute approximate surface area is 106 Å². The van der Waals surface area contributed by atoms with Crippen LogP contribution in [0.5, 0.6) is 0 Å². The van der Waals surface area contributed by atoms with E-state index in [0.717, 1.165) is 11.0 Å². The zero-order chi connectivity index (χ0) is 13.4. The van der Waals surface area contributed by atoms with Gasteiger partial charge in [0.05, 0.1) is 35.5 Å². The molecule has 0 aliphatic carbocycles. The SMILES string of the molecule is O=C1C(=O)N(CC(O)CO)c2c(F)ccc(Cl)c21. The number of carbonyl (C=O) groups excluding carboxylic acids is 2. The minimum atomic E-state index is -1.26. The molecule has 1 aliphatic rings. The van der Waals surface area contributed by atoms with Crippen LogP contribution in [-0.4, -0.2) is 41.2 Å². The molecule has 0 radical (unpaired) electrons. The van der Waals surface area contributed by atoms with Crippen LogP contribution in [0.3, 0.4) is 0 Å². The average molecular weight is 274 g/mol. The van der Waals surface area contributed by atoms with Crippen molar-refractivity contribution < 1.29 is 24.2 Å². The third-order valence-corrected chi connectivity index (χ3v) is 2.93. The Morgan fingerprint density at radius 1 is 1.39 bits per heavy atom. The summed E-state index contributed by atoms with van der Waals surface area (Å²) in [6.07, 6.45) is -1.26.